The number of hydrogen-bond acceptors (Lipinski definition) is 3. The third kappa shape index (κ3) is 4.74. The zero-order valence-electron chi connectivity index (χ0n) is 15.0. The van der Waals surface area contributed by atoms with Crippen LogP contribution in [0.5, 0.6) is 0 Å². The molecule has 2 aromatic rings. The molecule has 0 amide bonds. The molecule has 5 nitrogen and oxygen atoms in total. The van der Waals surface area contributed by atoms with Crippen LogP contribution in [-0.2, 0) is 16.1 Å². The molecule has 0 atom stereocenters. The minimum atomic E-state index is -0.896. The molecule has 1 aliphatic carbocycles. The van der Waals surface area contributed by atoms with Gasteiger partial charge in [-0.15, -0.1) is 0 Å². The molecule has 0 aliphatic heterocycles. The Morgan fingerprint density at radius 2 is 1.88 bits per heavy atom. The standard InChI is InChI=1S/C20H25BrN2O3/c1-14-19(17-5-3-2-4-6-17)20(21)22-23(14)11-15-7-9-16(10-8-15)12-26-13-18(24)25/h2-6,15-16H,7-13H2,1H3,(H,24,25). The van der Waals surface area contributed by atoms with Gasteiger partial charge in [0.15, 0.2) is 0 Å². The molecule has 3 rings (SSSR count). The van der Waals surface area contributed by atoms with Crippen LogP contribution in [0.2, 0.25) is 0 Å². The lowest BCUT2D eigenvalue weighted by Crippen LogP contribution is -2.23. The molecular formula is C20H25BrN2O3. The normalized spacial score (nSPS) is 20.2. The van der Waals surface area contributed by atoms with Crippen LogP contribution in [0.3, 0.4) is 0 Å². The lowest BCUT2D eigenvalue weighted by Gasteiger charge is -2.28. The van der Waals surface area contributed by atoms with Crippen molar-refractivity contribution in [1.29, 1.82) is 0 Å². The van der Waals surface area contributed by atoms with Crippen molar-refractivity contribution in [3.05, 3.63) is 40.6 Å². The van der Waals surface area contributed by atoms with Gasteiger partial charge in [0.2, 0.25) is 0 Å². The Morgan fingerprint density at radius 3 is 2.54 bits per heavy atom. The van der Waals surface area contributed by atoms with Gasteiger partial charge in [-0.25, -0.2) is 4.79 Å². The van der Waals surface area contributed by atoms with Gasteiger partial charge in [0.1, 0.15) is 11.2 Å². The smallest absolute Gasteiger partial charge is 0.329 e. The lowest BCUT2D eigenvalue weighted by atomic mass is 9.82. The summed E-state index contributed by atoms with van der Waals surface area (Å²) in [6.07, 6.45) is 4.46. The van der Waals surface area contributed by atoms with E-state index in [9.17, 15) is 4.79 Å². The number of nitrogens with zero attached hydrogens (tertiary/aromatic N) is 2. The molecule has 1 saturated carbocycles. The van der Waals surface area contributed by atoms with E-state index < -0.39 is 5.97 Å². The van der Waals surface area contributed by atoms with Crippen molar-refractivity contribution in [2.75, 3.05) is 13.2 Å². The van der Waals surface area contributed by atoms with Gasteiger partial charge in [0.25, 0.3) is 0 Å². The Balaban J connectivity index is 1.57. The molecule has 0 spiro atoms. The fraction of sp³-hybridized carbons (Fsp3) is 0.500. The zero-order chi connectivity index (χ0) is 18.5. The van der Waals surface area contributed by atoms with E-state index in [1.54, 1.807) is 0 Å². The molecule has 0 unspecified atom stereocenters. The van der Waals surface area contributed by atoms with E-state index in [1.165, 1.54) is 16.8 Å². The van der Waals surface area contributed by atoms with Crippen LogP contribution in [0, 0.1) is 18.8 Å². The molecule has 6 heteroatoms. The van der Waals surface area contributed by atoms with Gasteiger partial charge in [-0.2, -0.15) is 5.10 Å². The van der Waals surface area contributed by atoms with Crippen molar-refractivity contribution in [3.8, 4) is 11.1 Å². The summed E-state index contributed by atoms with van der Waals surface area (Å²) in [6, 6.07) is 10.3. The number of benzene rings is 1. The molecule has 140 valence electrons. The average Bonchev–Trinajstić information content (AvgIpc) is 2.90. The molecule has 0 radical (unpaired) electrons. The van der Waals surface area contributed by atoms with Crippen molar-refractivity contribution in [1.82, 2.24) is 9.78 Å². The fourth-order valence-electron chi connectivity index (χ4n) is 3.76. The number of ether oxygens (including phenoxy) is 1. The SMILES string of the molecule is Cc1c(-c2ccccc2)c(Br)nn1CC1CCC(COCC(=O)O)CC1. The van der Waals surface area contributed by atoms with E-state index in [4.69, 9.17) is 14.9 Å². The molecule has 0 bridgehead atoms. The van der Waals surface area contributed by atoms with Gasteiger partial charge in [0.05, 0.1) is 6.61 Å². The Hall–Kier alpha value is -1.66. The molecule has 1 N–H and O–H groups in total. The minimum Gasteiger partial charge on any atom is -0.480 e. The highest BCUT2D eigenvalue weighted by Gasteiger charge is 2.24. The summed E-state index contributed by atoms with van der Waals surface area (Å²) in [6.45, 7) is 3.43. The van der Waals surface area contributed by atoms with Crippen molar-refractivity contribution >= 4 is 21.9 Å². The maximum atomic E-state index is 10.5. The summed E-state index contributed by atoms with van der Waals surface area (Å²) in [5.74, 6) is 0.198. The van der Waals surface area contributed by atoms with Gasteiger partial charge >= 0.3 is 5.97 Å². The molecule has 1 aliphatic rings. The van der Waals surface area contributed by atoms with Gasteiger partial charge in [-0.05, 0) is 65.9 Å². The van der Waals surface area contributed by atoms with Crippen LogP contribution in [-0.4, -0.2) is 34.1 Å². The average molecular weight is 421 g/mol. The lowest BCUT2D eigenvalue weighted by molar-refractivity contribution is -0.142. The summed E-state index contributed by atoms with van der Waals surface area (Å²) in [5, 5.41) is 13.4. The number of aliphatic carboxylic acids is 1. The van der Waals surface area contributed by atoms with Crippen molar-refractivity contribution in [3.63, 3.8) is 0 Å². The minimum absolute atomic E-state index is 0.192. The molecule has 1 heterocycles. The second-order valence-corrected chi connectivity index (χ2v) is 7.85. The van der Waals surface area contributed by atoms with E-state index in [1.807, 2.05) is 18.2 Å². The number of carbonyl (C=O) groups is 1. The Kier molecular flexibility index (Phi) is 6.48. The summed E-state index contributed by atoms with van der Waals surface area (Å²) < 4.78 is 8.28. The first-order chi connectivity index (χ1) is 12.5. The van der Waals surface area contributed by atoms with Crippen molar-refractivity contribution in [2.45, 2.75) is 39.2 Å². The second-order valence-electron chi connectivity index (χ2n) is 7.09. The van der Waals surface area contributed by atoms with Crippen molar-refractivity contribution < 1.29 is 14.6 Å². The summed E-state index contributed by atoms with van der Waals surface area (Å²) in [7, 11) is 0. The molecule has 1 aromatic carbocycles. The number of aromatic nitrogens is 2. The summed E-state index contributed by atoms with van der Waals surface area (Å²) >= 11 is 3.62. The van der Waals surface area contributed by atoms with E-state index in [2.05, 4.69) is 39.7 Å². The van der Waals surface area contributed by atoms with E-state index in [-0.39, 0.29) is 6.61 Å². The van der Waals surface area contributed by atoms with E-state index in [0.717, 1.165) is 36.8 Å². The predicted octanol–water partition coefficient (Wildman–Crippen LogP) is 4.53. The largest absolute Gasteiger partial charge is 0.480 e. The number of carboxylic acids is 1. The quantitative estimate of drug-likeness (QED) is 0.714. The third-order valence-electron chi connectivity index (χ3n) is 5.20. The molecule has 0 saturated heterocycles. The highest BCUT2D eigenvalue weighted by molar-refractivity contribution is 9.10. The fourth-order valence-corrected chi connectivity index (χ4v) is 4.47. The van der Waals surface area contributed by atoms with Crippen LogP contribution in [0.25, 0.3) is 11.1 Å². The van der Waals surface area contributed by atoms with E-state index in [0.29, 0.717) is 18.4 Å². The van der Waals surface area contributed by atoms with E-state index >= 15 is 0 Å². The van der Waals surface area contributed by atoms with Gasteiger partial charge < -0.3 is 9.84 Å². The summed E-state index contributed by atoms with van der Waals surface area (Å²) in [4.78, 5) is 10.5. The van der Waals surface area contributed by atoms with Crippen LogP contribution in [0.4, 0.5) is 0 Å². The summed E-state index contributed by atoms with van der Waals surface area (Å²) in [5.41, 5.74) is 3.54. The second kappa shape index (κ2) is 8.82. The number of rotatable bonds is 7. The first-order valence-electron chi connectivity index (χ1n) is 9.12. The Bertz CT molecular complexity index is 737. The highest BCUT2D eigenvalue weighted by Crippen LogP contribution is 2.34. The maximum Gasteiger partial charge on any atom is 0.329 e. The highest BCUT2D eigenvalue weighted by atomic mass is 79.9. The zero-order valence-corrected chi connectivity index (χ0v) is 16.6. The first-order valence-corrected chi connectivity index (χ1v) is 9.91. The number of carboxylic acid groups (broad SMARTS) is 1. The molecule has 1 aromatic heterocycles. The maximum absolute atomic E-state index is 10.5. The first kappa shape index (κ1) is 19.1. The number of hydrogen-bond donors (Lipinski definition) is 1. The van der Waals surface area contributed by atoms with Crippen LogP contribution < -0.4 is 0 Å². The van der Waals surface area contributed by atoms with Crippen molar-refractivity contribution in [2.24, 2.45) is 11.8 Å². The Labute approximate surface area is 162 Å². The van der Waals surface area contributed by atoms with Gasteiger partial charge in [-0.3, -0.25) is 4.68 Å². The predicted molar refractivity (Wildman–Crippen MR) is 104 cm³/mol. The molecule has 1 fully saturated rings. The topological polar surface area (TPSA) is 64.4 Å². The van der Waals surface area contributed by atoms with Gasteiger partial charge in [-0.1, -0.05) is 30.3 Å². The van der Waals surface area contributed by atoms with Crippen LogP contribution in [0.1, 0.15) is 31.4 Å². The molecular weight excluding hydrogens is 396 g/mol. The van der Waals surface area contributed by atoms with Gasteiger partial charge in [0, 0.05) is 17.8 Å². The van der Waals surface area contributed by atoms with Crippen LogP contribution >= 0.6 is 15.9 Å². The molecule has 26 heavy (non-hydrogen) atoms. The van der Waals surface area contributed by atoms with Crippen LogP contribution in [0.15, 0.2) is 34.9 Å². The third-order valence-corrected chi connectivity index (χ3v) is 5.76. The monoisotopic (exact) mass is 420 g/mol. The number of halogens is 1. The Morgan fingerprint density at radius 1 is 1.23 bits per heavy atom.